The van der Waals surface area contributed by atoms with Gasteiger partial charge in [-0.1, -0.05) is 72.8 Å². The zero-order chi connectivity index (χ0) is 18.9. The number of H-pyrrole nitrogens is 1. The third-order valence-corrected chi connectivity index (χ3v) is 4.30. The molecule has 0 amide bonds. The lowest BCUT2D eigenvalue weighted by atomic mass is 10.1. The van der Waals surface area contributed by atoms with Crippen molar-refractivity contribution in [1.82, 2.24) is 9.97 Å². The van der Waals surface area contributed by atoms with Crippen LogP contribution in [0.4, 0.5) is 13.2 Å². The number of rotatable bonds is 3. The number of nitrogens with zero attached hydrogens (tertiary/aromatic N) is 1. The van der Waals surface area contributed by atoms with Crippen LogP contribution in [0, 0.1) is 0 Å². The largest absolute Gasteiger partial charge is 0.416 e. The highest BCUT2D eigenvalue weighted by Crippen LogP contribution is 2.34. The van der Waals surface area contributed by atoms with Gasteiger partial charge in [0.15, 0.2) is 0 Å². The number of hydrogen-bond acceptors (Lipinski definition) is 1. The van der Waals surface area contributed by atoms with E-state index in [2.05, 4.69) is 9.97 Å². The zero-order valence-corrected chi connectivity index (χ0v) is 14.2. The number of aromatic amines is 1. The molecule has 2 nitrogen and oxygen atoms in total. The fourth-order valence-corrected chi connectivity index (χ4v) is 2.95. The molecule has 0 unspecified atom stereocenters. The van der Waals surface area contributed by atoms with Crippen molar-refractivity contribution < 1.29 is 13.2 Å². The van der Waals surface area contributed by atoms with E-state index in [1.54, 1.807) is 0 Å². The predicted octanol–water partition coefficient (Wildman–Crippen LogP) is 6.43. The third-order valence-electron chi connectivity index (χ3n) is 4.30. The number of benzene rings is 3. The Morgan fingerprint density at radius 1 is 0.630 bits per heavy atom. The van der Waals surface area contributed by atoms with E-state index < -0.39 is 11.7 Å². The smallest absolute Gasteiger partial charge is 0.337 e. The molecule has 0 saturated carbocycles. The Balaban J connectivity index is 1.82. The summed E-state index contributed by atoms with van der Waals surface area (Å²) in [6.45, 7) is 0. The maximum Gasteiger partial charge on any atom is 0.416 e. The molecule has 27 heavy (non-hydrogen) atoms. The van der Waals surface area contributed by atoms with E-state index in [0.717, 1.165) is 34.6 Å². The van der Waals surface area contributed by atoms with Crippen LogP contribution in [0.25, 0.3) is 33.9 Å². The fourth-order valence-electron chi connectivity index (χ4n) is 2.95. The molecule has 0 atom stereocenters. The lowest BCUT2D eigenvalue weighted by Gasteiger charge is -2.06. The van der Waals surface area contributed by atoms with E-state index in [1.165, 1.54) is 12.1 Å². The van der Waals surface area contributed by atoms with Gasteiger partial charge in [0.1, 0.15) is 5.82 Å². The molecule has 4 rings (SSSR count). The Kier molecular flexibility index (Phi) is 4.28. The van der Waals surface area contributed by atoms with Crippen LogP contribution in [-0.2, 0) is 6.18 Å². The summed E-state index contributed by atoms with van der Waals surface area (Å²) in [5, 5.41) is 0. The molecule has 0 spiro atoms. The Labute approximate surface area is 154 Å². The highest BCUT2D eigenvalue weighted by Gasteiger charge is 2.30. The molecule has 0 aliphatic rings. The third kappa shape index (κ3) is 3.49. The number of alkyl halides is 3. The van der Waals surface area contributed by atoms with Gasteiger partial charge in [-0.3, -0.25) is 0 Å². The Bertz CT molecular complexity index is 978. The minimum absolute atomic E-state index is 0.529. The van der Waals surface area contributed by atoms with Gasteiger partial charge in [-0.25, -0.2) is 4.98 Å². The molecule has 0 aliphatic carbocycles. The fraction of sp³-hybridized carbons (Fsp3) is 0.0455. The van der Waals surface area contributed by atoms with Crippen LogP contribution >= 0.6 is 0 Å². The van der Waals surface area contributed by atoms with E-state index in [1.807, 2.05) is 60.7 Å². The predicted molar refractivity (Wildman–Crippen MR) is 99.9 cm³/mol. The van der Waals surface area contributed by atoms with Crippen molar-refractivity contribution in [3.8, 4) is 33.9 Å². The second-order valence-electron chi connectivity index (χ2n) is 6.12. The van der Waals surface area contributed by atoms with E-state index in [0.29, 0.717) is 11.4 Å². The SMILES string of the molecule is FC(F)(F)c1ccc(-c2nc(-c3ccccc3)c(-c3ccccc3)[nH]2)cc1. The van der Waals surface area contributed by atoms with Gasteiger partial charge in [-0.05, 0) is 12.1 Å². The maximum atomic E-state index is 12.8. The minimum Gasteiger partial charge on any atom is -0.337 e. The van der Waals surface area contributed by atoms with Gasteiger partial charge in [-0.15, -0.1) is 0 Å². The van der Waals surface area contributed by atoms with Gasteiger partial charge in [0, 0.05) is 16.7 Å². The van der Waals surface area contributed by atoms with Gasteiger partial charge >= 0.3 is 6.18 Å². The van der Waals surface area contributed by atoms with Crippen LogP contribution in [0.5, 0.6) is 0 Å². The van der Waals surface area contributed by atoms with E-state index in [-0.39, 0.29) is 0 Å². The Morgan fingerprint density at radius 2 is 1.19 bits per heavy atom. The second kappa shape index (κ2) is 6.76. The quantitative estimate of drug-likeness (QED) is 0.446. The highest BCUT2D eigenvalue weighted by molar-refractivity contribution is 5.81. The summed E-state index contributed by atoms with van der Waals surface area (Å²) in [5.41, 5.74) is 3.41. The average molecular weight is 364 g/mol. The first kappa shape index (κ1) is 17.1. The van der Waals surface area contributed by atoms with Gasteiger partial charge in [0.2, 0.25) is 0 Å². The molecular formula is C22H15F3N2. The molecule has 0 aliphatic heterocycles. The van der Waals surface area contributed by atoms with Gasteiger partial charge < -0.3 is 4.98 Å². The monoisotopic (exact) mass is 364 g/mol. The first-order valence-electron chi connectivity index (χ1n) is 8.41. The van der Waals surface area contributed by atoms with Crippen molar-refractivity contribution in [1.29, 1.82) is 0 Å². The van der Waals surface area contributed by atoms with Crippen LogP contribution in [-0.4, -0.2) is 9.97 Å². The Morgan fingerprint density at radius 3 is 1.74 bits per heavy atom. The summed E-state index contributed by atoms with van der Waals surface area (Å²) < 4.78 is 38.4. The first-order chi connectivity index (χ1) is 13.0. The normalized spacial score (nSPS) is 11.5. The zero-order valence-electron chi connectivity index (χ0n) is 14.2. The van der Waals surface area contributed by atoms with Crippen molar-refractivity contribution in [2.75, 3.05) is 0 Å². The van der Waals surface area contributed by atoms with Crippen LogP contribution in [0.1, 0.15) is 5.56 Å². The van der Waals surface area contributed by atoms with Crippen LogP contribution in [0.15, 0.2) is 84.9 Å². The van der Waals surface area contributed by atoms with Crippen molar-refractivity contribution in [3.63, 3.8) is 0 Å². The number of halogens is 3. The lowest BCUT2D eigenvalue weighted by Crippen LogP contribution is -2.04. The van der Waals surface area contributed by atoms with E-state index in [4.69, 9.17) is 0 Å². The molecule has 3 aromatic carbocycles. The molecule has 1 heterocycles. The molecule has 0 radical (unpaired) electrons. The van der Waals surface area contributed by atoms with Crippen LogP contribution in [0.2, 0.25) is 0 Å². The van der Waals surface area contributed by atoms with Crippen LogP contribution in [0.3, 0.4) is 0 Å². The van der Waals surface area contributed by atoms with E-state index >= 15 is 0 Å². The number of hydrogen-bond donors (Lipinski definition) is 1. The van der Waals surface area contributed by atoms with Crippen LogP contribution < -0.4 is 0 Å². The van der Waals surface area contributed by atoms with E-state index in [9.17, 15) is 13.2 Å². The molecule has 4 aromatic rings. The van der Waals surface area contributed by atoms with Crippen molar-refractivity contribution in [3.05, 3.63) is 90.5 Å². The average Bonchev–Trinajstić information content (AvgIpc) is 3.14. The summed E-state index contributed by atoms with van der Waals surface area (Å²) in [6, 6.07) is 24.4. The molecule has 0 bridgehead atoms. The summed E-state index contributed by atoms with van der Waals surface area (Å²) in [5.74, 6) is 0.529. The molecule has 134 valence electrons. The van der Waals surface area contributed by atoms with Crippen molar-refractivity contribution in [2.45, 2.75) is 6.18 Å². The number of imidazole rings is 1. The number of aromatic nitrogens is 2. The first-order valence-corrected chi connectivity index (χ1v) is 8.41. The van der Waals surface area contributed by atoms with Gasteiger partial charge in [0.05, 0.1) is 17.0 Å². The van der Waals surface area contributed by atoms with Crippen molar-refractivity contribution >= 4 is 0 Å². The maximum absolute atomic E-state index is 12.8. The molecule has 0 fully saturated rings. The van der Waals surface area contributed by atoms with Gasteiger partial charge in [-0.2, -0.15) is 13.2 Å². The highest BCUT2D eigenvalue weighted by atomic mass is 19.4. The summed E-state index contributed by atoms with van der Waals surface area (Å²) in [6.07, 6.45) is -4.36. The molecule has 5 heteroatoms. The summed E-state index contributed by atoms with van der Waals surface area (Å²) in [7, 11) is 0. The van der Waals surface area contributed by atoms with Gasteiger partial charge in [0.25, 0.3) is 0 Å². The topological polar surface area (TPSA) is 28.7 Å². The standard InChI is InChI=1S/C22H15F3N2/c23-22(24,25)18-13-11-17(12-14-18)21-26-19(15-7-3-1-4-8-15)20(27-21)16-9-5-2-6-10-16/h1-14H,(H,26,27). The summed E-state index contributed by atoms with van der Waals surface area (Å²) in [4.78, 5) is 7.96. The molecular weight excluding hydrogens is 349 g/mol. The summed E-state index contributed by atoms with van der Waals surface area (Å²) >= 11 is 0. The molecule has 0 saturated heterocycles. The lowest BCUT2D eigenvalue weighted by molar-refractivity contribution is -0.137. The Hall–Kier alpha value is -3.34. The second-order valence-corrected chi connectivity index (χ2v) is 6.12. The van der Waals surface area contributed by atoms with Crippen molar-refractivity contribution in [2.24, 2.45) is 0 Å². The minimum atomic E-state index is -4.36. The molecule has 1 N–H and O–H groups in total. The number of nitrogens with one attached hydrogen (secondary N) is 1. The molecule has 1 aromatic heterocycles.